The van der Waals surface area contributed by atoms with E-state index in [4.69, 9.17) is 0 Å². The van der Waals surface area contributed by atoms with Crippen LogP contribution in [-0.4, -0.2) is 44.0 Å². The second-order valence-electron chi connectivity index (χ2n) is 5.40. The maximum atomic E-state index is 12.3. The van der Waals surface area contributed by atoms with Crippen LogP contribution in [-0.2, 0) is 10.0 Å². The van der Waals surface area contributed by atoms with Crippen molar-refractivity contribution in [2.75, 3.05) is 25.4 Å². The highest BCUT2D eigenvalue weighted by Gasteiger charge is 2.22. The van der Waals surface area contributed by atoms with E-state index in [9.17, 15) is 13.2 Å². The van der Waals surface area contributed by atoms with E-state index in [-0.39, 0.29) is 18.2 Å². The first kappa shape index (κ1) is 17.4. The van der Waals surface area contributed by atoms with Crippen molar-refractivity contribution in [1.29, 1.82) is 0 Å². The van der Waals surface area contributed by atoms with Crippen LogP contribution in [0.15, 0.2) is 28.7 Å². The Balaban J connectivity index is 1.85. The number of rotatable bonds is 5. The topological polar surface area (TPSA) is 66.5 Å². The number of amides is 1. The van der Waals surface area contributed by atoms with Gasteiger partial charge in [-0.15, -0.1) is 0 Å². The largest absolute Gasteiger partial charge is 0.351 e. The molecule has 0 bridgehead atoms. The van der Waals surface area contributed by atoms with Crippen molar-refractivity contribution < 1.29 is 13.2 Å². The Morgan fingerprint density at radius 2 is 1.86 bits per heavy atom. The molecule has 0 saturated carbocycles. The summed E-state index contributed by atoms with van der Waals surface area (Å²) in [7, 11) is -3.28. The van der Waals surface area contributed by atoms with Crippen molar-refractivity contribution in [3.8, 4) is 0 Å². The average Bonchev–Trinajstić information content (AvgIpc) is 2.76. The van der Waals surface area contributed by atoms with Gasteiger partial charge in [-0.25, -0.2) is 12.7 Å². The van der Waals surface area contributed by atoms with E-state index in [1.54, 1.807) is 22.5 Å². The zero-order valence-corrected chi connectivity index (χ0v) is 14.8. The van der Waals surface area contributed by atoms with Crippen molar-refractivity contribution in [3.05, 3.63) is 34.3 Å². The summed E-state index contributed by atoms with van der Waals surface area (Å²) in [6, 6.07) is 7.01. The number of nitrogens with one attached hydrogen (secondary N) is 1. The van der Waals surface area contributed by atoms with Gasteiger partial charge >= 0.3 is 0 Å². The predicted octanol–water partition coefficient (Wildman–Crippen LogP) is 2.38. The minimum atomic E-state index is -3.28. The fourth-order valence-electron chi connectivity index (χ4n) is 2.47. The van der Waals surface area contributed by atoms with Crippen LogP contribution in [0.25, 0.3) is 0 Å². The average molecular weight is 389 g/mol. The van der Waals surface area contributed by atoms with Crippen LogP contribution in [0.3, 0.4) is 0 Å². The van der Waals surface area contributed by atoms with Crippen molar-refractivity contribution in [1.82, 2.24) is 9.62 Å². The summed E-state index contributed by atoms with van der Waals surface area (Å²) in [6.45, 7) is 1.33. The molecule has 1 aliphatic rings. The number of nitrogens with zero attached hydrogens (tertiary/aromatic N) is 1. The summed E-state index contributed by atoms with van der Waals surface area (Å²) < 4.78 is 26.9. The van der Waals surface area contributed by atoms with E-state index >= 15 is 0 Å². The van der Waals surface area contributed by atoms with E-state index in [2.05, 4.69) is 21.2 Å². The Labute approximate surface area is 140 Å². The van der Waals surface area contributed by atoms with E-state index in [1.807, 2.05) is 6.07 Å². The fraction of sp³-hybridized carbons (Fsp3) is 0.533. The Bertz CT molecular complexity index is 611. The third kappa shape index (κ3) is 5.07. The molecule has 1 aliphatic heterocycles. The molecule has 2 rings (SSSR count). The van der Waals surface area contributed by atoms with Gasteiger partial charge in [0.2, 0.25) is 10.0 Å². The van der Waals surface area contributed by atoms with Gasteiger partial charge in [-0.3, -0.25) is 4.79 Å². The molecule has 1 amide bonds. The van der Waals surface area contributed by atoms with Crippen molar-refractivity contribution in [2.24, 2.45) is 0 Å². The Hall–Kier alpha value is -0.920. The molecule has 1 aromatic carbocycles. The van der Waals surface area contributed by atoms with Crippen LogP contribution >= 0.6 is 15.9 Å². The minimum absolute atomic E-state index is 0.0489. The molecule has 22 heavy (non-hydrogen) atoms. The summed E-state index contributed by atoms with van der Waals surface area (Å²) in [4.78, 5) is 12.0. The third-order valence-corrected chi connectivity index (χ3v) is 6.06. The molecule has 0 aliphatic carbocycles. The van der Waals surface area contributed by atoms with Gasteiger partial charge in [0, 0.05) is 29.7 Å². The normalized spacial score (nSPS) is 17.0. The van der Waals surface area contributed by atoms with Gasteiger partial charge in [0.1, 0.15) is 0 Å². The lowest BCUT2D eigenvalue weighted by Gasteiger charge is -2.19. The van der Waals surface area contributed by atoms with Gasteiger partial charge in [0.05, 0.1) is 5.75 Å². The van der Waals surface area contributed by atoms with E-state index in [0.29, 0.717) is 18.7 Å². The van der Waals surface area contributed by atoms with Gasteiger partial charge in [0.25, 0.3) is 5.91 Å². The van der Waals surface area contributed by atoms with Crippen LogP contribution in [0.5, 0.6) is 0 Å². The number of carbonyl (C=O) groups is 1. The number of benzene rings is 1. The Morgan fingerprint density at radius 1 is 1.18 bits per heavy atom. The molecular weight excluding hydrogens is 368 g/mol. The molecule has 5 nitrogen and oxygen atoms in total. The number of carbonyl (C=O) groups excluding carboxylic acids is 1. The molecule has 0 unspecified atom stereocenters. The Morgan fingerprint density at radius 3 is 2.50 bits per heavy atom. The molecule has 7 heteroatoms. The van der Waals surface area contributed by atoms with Gasteiger partial charge in [-0.1, -0.05) is 34.8 Å². The second kappa shape index (κ2) is 8.08. The molecule has 122 valence electrons. The first-order chi connectivity index (χ1) is 10.5. The number of hydrogen-bond donors (Lipinski definition) is 1. The van der Waals surface area contributed by atoms with Gasteiger partial charge in [-0.2, -0.15) is 0 Å². The van der Waals surface area contributed by atoms with Gasteiger partial charge < -0.3 is 5.32 Å². The molecule has 0 atom stereocenters. The molecule has 1 N–H and O–H groups in total. The Kier molecular flexibility index (Phi) is 6.40. The predicted molar refractivity (Wildman–Crippen MR) is 90.3 cm³/mol. The lowest BCUT2D eigenvalue weighted by molar-refractivity contribution is 0.0956. The SMILES string of the molecule is O=C(NCCS(=O)(=O)N1CCCCCC1)c1cccc(Br)c1. The first-order valence-electron chi connectivity index (χ1n) is 7.51. The quantitative estimate of drug-likeness (QED) is 0.841. The summed E-state index contributed by atoms with van der Waals surface area (Å²) >= 11 is 3.31. The number of halogens is 1. The maximum Gasteiger partial charge on any atom is 0.251 e. The smallest absolute Gasteiger partial charge is 0.251 e. The molecule has 1 fully saturated rings. The van der Waals surface area contributed by atoms with E-state index in [0.717, 1.165) is 30.2 Å². The van der Waals surface area contributed by atoms with Crippen molar-refractivity contribution in [2.45, 2.75) is 25.7 Å². The molecule has 1 aromatic rings. The van der Waals surface area contributed by atoms with Crippen LogP contribution in [0.2, 0.25) is 0 Å². The standard InChI is InChI=1S/C15H21BrN2O3S/c16-14-7-5-6-13(12-14)15(19)17-8-11-22(20,21)18-9-3-1-2-4-10-18/h5-7,12H,1-4,8-11H2,(H,17,19). The molecule has 1 saturated heterocycles. The zero-order chi connectivity index (χ0) is 16.0. The number of sulfonamides is 1. The lowest BCUT2D eigenvalue weighted by Crippen LogP contribution is -2.38. The molecular formula is C15H21BrN2O3S. The fourth-order valence-corrected chi connectivity index (χ4v) is 4.31. The van der Waals surface area contributed by atoms with Gasteiger partial charge in [-0.05, 0) is 31.0 Å². The van der Waals surface area contributed by atoms with Crippen LogP contribution < -0.4 is 5.32 Å². The molecule has 1 heterocycles. The van der Waals surface area contributed by atoms with Crippen molar-refractivity contribution in [3.63, 3.8) is 0 Å². The van der Waals surface area contributed by atoms with E-state index in [1.165, 1.54) is 0 Å². The second-order valence-corrected chi connectivity index (χ2v) is 8.40. The first-order valence-corrected chi connectivity index (χ1v) is 9.91. The van der Waals surface area contributed by atoms with Crippen LogP contribution in [0, 0.1) is 0 Å². The third-order valence-electron chi connectivity index (χ3n) is 3.69. The molecule has 0 aromatic heterocycles. The van der Waals surface area contributed by atoms with E-state index < -0.39 is 10.0 Å². The minimum Gasteiger partial charge on any atom is -0.351 e. The summed E-state index contributed by atoms with van der Waals surface area (Å²) in [5.41, 5.74) is 0.515. The highest BCUT2D eigenvalue weighted by molar-refractivity contribution is 9.10. The molecule has 0 radical (unpaired) electrons. The highest BCUT2D eigenvalue weighted by Crippen LogP contribution is 2.14. The maximum absolute atomic E-state index is 12.3. The summed E-state index contributed by atoms with van der Waals surface area (Å²) in [5.74, 6) is -0.306. The summed E-state index contributed by atoms with van der Waals surface area (Å²) in [5, 5.41) is 2.67. The van der Waals surface area contributed by atoms with Crippen LogP contribution in [0.4, 0.5) is 0 Å². The summed E-state index contributed by atoms with van der Waals surface area (Å²) in [6.07, 6.45) is 4.02. The lowest BCUT2D eigenvalue weighted by atomic mass is 10.2. The van der Waals surface area contributed by atoms with Gasteiger partial charge in [0.15, 0.2) is 0 Å². The number of hydrogen-bond acceptors (Lipinski definition) is 3. The van der Waals surface area contributed by atoms with Crippen molar-refractivity contribution >= 4 is 31.9 Å². The monoisotopic (exact) mass is 388 g/mol. The molecule has 0 spiro atoms. The highest BCUT2D eigenvalue weighted by atomic mass is 79.9. The zero-order valence-electron chi connectivity index (χ0n) is 12.4. The van der Waals surface area contributed by atoms with Crippen LogP contribution in [0.1, 0.15) is 36.0 Å².